The summed E-state index contributed by atoms with van der Waals surface area (Å²) in [5, 5.41) is 20.8. The molecule has 0 radical (unpaired) electrons. The van der Waals surface area contributed by atoms with Gasteiger partial charge in [0.1, 0.15) is 5.60 Å². The maximum absolute atomic E-state index is 12.6. The molecule has 2 N–H and O–H groups in total. The van der Waals surface area contributed by atoms with E-state index in [1.54, 1.807) is 38.1 Å². The Kier molecular flexibility index (Phi) is 4.46. The van der Waals surface area contributed by atoms with Gasteiger partial charge >= 0.3 is 0 Å². The maximum Gasteiger partial charge on any atom is 0.258 e. The normalized spacial score (nSPS) is 13.5. The van der Waals surface area contributed by atoms with Crippen molar-refractivity contribution < 1.29 is 14.4 Å². The Labute approximate surface area is 143 Å². The quantitative estimate of drug-likeness (QED) is 0.744. The van der Waals surface area contributed by atoms with Crippen LogP contribution in [0.5, 0.6) is 0 Å². The summed E-state index contributed by atoms with van der Waals surface area (Å²) in [6.45, 7) is 3.48. The molecule has 0 saturated carbocycles. The lowest BCUT2D eigenvalue weighted by Gasteiger charge is -2.23. The monoisotopic (exact) mass is 343 g/mol. The van der Waals surface area contributed by atoms with Gasteiger partial charge in [-0.05, 0) is 48.4 Å². The van der Waals surface area contributed by atoms with Crippen LogP contribution in [0.3, 0.4) is 0 Å². The van der Waals surface area contributed by atoms with E-state index in [1.807, 2.05) is 16.8 Å². The van der Waals surface area contributed by atoms with Gasteiger partial charge in [-0.1, -0.05) is 17.3 Å². The molecule has 1 amide bonds. The second kappa shape index (κ2) is 6.54. The van der Waals surface area contributed by atoms with E-state index in [2.05, 4.69) is 15.5 Å². The topological polar surface area (TPSA) is 88.2 Å². The van der Waals surface area contributed by atoms with Crippen molar-refractivity contribution in [2.45, 2.75) is 19.4 Å². The third-order valence-electron chi connectivity index (χ3n) is 3.67. The van der Waals surface area contributed by atoms with Crippen molar-refractivity contribution in [3.05, 3.63) is 58.0 Å². The van der Waals surface area contributed by atoms with E-state index in [4.69, 9.17) is 4.52 Å². The predicted molar refractivity (Wildman–Crippen MR) is 90.7 cm³/mol. The van der Waals surface area contributed by atoms with E-state index in [-0.39, 0.29) is 12.5 Å². The van der Waals surface area contributed by atoms with Gasteiger partial charge in [0.15, 0.2) is 5.82 Å². The molecule has 0 spiro atoms. The molecule has 2 heterocycles. The number of aryl methyl sites for hydroxylation is 1. The summed E-state index contributed by atoms with van der Waals surface area (Å²) in [5.41, 5.74) is 0.618. The number of nitrogens with zero attached hydrogens (tertiary/aromatic N) is 2. The third kappa shape index (κ3) is 3.37. The van der Waals surface area contributed by atoms with Crippen LogP contribution < -0.4 is 5.32 Å². The summed E-state index contributed by atoms with van der Waals surface area (Å²) < 4.78 is 5.16. The molecule has 6 nitrogen and oxygen atoms in total. The van der Waals surface area contributed by atoms with Gasteiger partial charge in [0.25, 0.3) is 11.8 Å². The first kappa shape index (κ1) is 16.4. The highest BCUT2D eigenvalue weighted by Gasteiger charge is 2.25. The molecule has 0 aliphatic carbocycles. The van der Waals surface area contributed by atoms with Gasteiger partial charge in [0.05, 0.1) is 17.7 Å². The van der Waals surface area contributed by atoms with E-state index >= 15 is 0 Å². The molecule has 24 heavy (non-hydrogen) atoms. The largest absolute Gasteiger partial charge is 0.384 e. The van der Waals surface area contributed by atoms with Crippen LogP contribution in [-0.4, -0.2) is 27.7 Å². The van der Waals surface area contributed by atoms with Gasteiger partial charge in [0.2, 0.25) is 0 Å². The summed E-state index contributed by atoms with van der Waals surface area (Å²) in [7, 11) is 0. The van der Waals surface area contributed by atoms with Crippen molar-refractivity contribution in [2.24, 2.45) is 0 Å². The molecule has 0 bridgehead atoms. The Balaban J connectivity index is 1.79. The molecular formula is C17H17N3O3S. The van der Waals surface area contributed by atoms with E-state index in [0.717, 1.165) is 5.56 Å². The highest BCUT2D eigenvalue weighted by molar-refractivity contribution is 7.08. The van der Waals surface area contributed by atoms with Crippen LogP contribution >= 0.6 is 11.3 Å². The molecule has 3 rings (SSSR count). The molecule has 0 unspecified atom stereocenters. The van der Waals surface area contributed by atoms with Crippen LogP contribution in [0, 0.1) is 6.92 Å². The molecule has 3 aromatic rings. The minimum atomic E-state index is -1.13. The molecule has 0 saturated heterocycles. The van der Waals surface area contributed by atoms with Gasteiger partial charge in [-0.15, -0.1) is 0 Å². The first-order valence-electron chi connectivity index (χ1n) is 7.40. The summed E-state index contributed by atoms with van der Waals surface area (Å²) in [4.78, 5) is 16.7. The highest BCUT2D eigenvalue weighted by atomic mass is 32.1. The van der Waals surface area contributed by atoms with Crippen molar-refractivity contribution >= 4 is 17.2 Å². The van der Waals surface area contributed by atoms with Gasteiger partial charge in [-0.3, -0.25) is 4.79 Å². The van der Waals surface area contributed by atoms with Gasteiger partial charge in [-0.2, -0.15) is 16.3 Å². The van der Waals surface area contributed by atoms with Gasteiger partial charge in [0, 0.05) is 0 Å². The number of aliphatic hydroxyl groups is 1. The molecule has 0 aliphatic heterocycles. The summed E-state index contributed by atoms with van der Waals surface area (Å²) in [6, 6.07) is 8.83. The second-order valence-corrected chi connectivity index (χ2v) is 6.44. The molecule has 0 fully saturated rings. The highest BCUT2D eigenvalue weighted by Crippen LogP contribution is 2.24. The zero-order valence-corrected chi connectivity index (χ0v) is 14.1. The lowest BCUT2D eigenvalue weighted by molar-refractivity contribution is 0.0530. The van der Waals surface area contributed by atoms with E-state index < -0.39 is 5.60 Å². The van der Waals surface area contributed by atoms with E-state index in [9.17, 15) is 9.90 Å². The lowest BCUT2D eigenvalue weighted by Crippen LogP contribution is -2.38. The number of aromatic nitrogens is 2. The molecule has 7 heteroatoms. The molecular weight excluding hydrogens is 326 g/mol. The number of carbonyl (C=O) groups is 1. The molecule has 1 aromatic carbocycles. The number of carbonyl (C=O) groups excluding carboxylic acids is 1. The first-order valence-corrected chi connectivity index (χ1v) is 8.34. The second-order valence-electron chi connectivity index (χ2n) is 5.66. The average molecular weight is 343 g/mol. The Morgan fingerprint density at radius 1 is 1.38 bits per heavy atom. The van der Waals surface area contributed by atoms with Crippen molar-refractivity contribution in [3.8, 4) is 11.5 Å². The number of amides is 1. The SMILES string of the molecule is Cc1noc(-c2ccccc2C(=O)NC[C@](C)(O)c2ccsc2)n1. The first-order chi connectivity index (χ1) is 11.5. The number of rotatable bonds is 5. The predicted octanol–water partition coefficient (Wildman–Crippen LogP) is 2.74. The van der Waals surface area contributed by atoms with Crippen LogP contribution in [0.25, 0.3) is 11.5 Å². The van der Waals surface area contributed by atoms with Crippen LogP contribution in [0.4, 0.5) is 0 Å². The average Bonchev–Trinajstić information content (AvgIpc) is 3.24. The van der Waals surface area contributed by atoms with Gasteiger partial charge < -0.3 is 14.9 Å². The molecule has 2 aromatic heterocycles. The van der Waals surface area contributed by atoms with Crippen molar-refractivity contribution in [2.75, 3.05) is 6.54 Å². The Morgan fingerprint density at radius 2 is 2.17 bits per heavy atom. The standard InChI is InChI=1S/C17H17N3O3S/c1-11-19-16(23-20-11)14-6-4-3-5-13(14)15(21)18-10-17(2,22)12-7-8-24-9-12/h3-9,22H,10H2,1-2H3,(H,18,21)/t17-/m0/s1. The number of benzene rings is 1. The molecule has 0 aliphatic rings. The molecule has 1 atom stereocenters. The fourth-order valence-corrected chi connectivity index (χ4v) is 3.08. The number of thiophene rings is 1. The van der Waals surface area contributed by atoms with Crippen LogP contribution in [0.15, 0.2) is 45.6 Å². The smallest absolute Gasteiger partial charge is 0.258 e. The van der Waals surface area contributed by atoms with Crippen LogP contribution in [0.1, 0.15) is 28.7 Å². The number of hydrogen-bond donors (Lipinski definition) is 2. The summed E-state index contributed by atoms with van der Waals surface area (Å²) >= 11 is 1.50. The zero-order valence-electron chi connectivity index (χ0n) is 13.3. The number of nitrogens with one attached hydrogen (secondary N) is 1. The third-order valence-corrected chi connectivity index (χ3v) is 4.35. The molecule has 124 valence electrons. The Hall–Kier alpha value is -2.51. The minimum absolute atomic E-state index is 0.0970. The fraction of sp³-hybridized carbons (Fsp3) is 0.235. The van der Waals surface area contributed by atoms with Crippen molar-refractivity contribution in [1.82, 2.24) is 15.5 Å². The van der Waals surface area contributed by atoms with Crippen molar-refractivity contribution in [3.63, 3.8) is 0 Å². The Bertz CT molecular complexity index is 840. The summed E-state index contributed by atoms with van der Waals surface area (Å²) in [5.74, 6) is 0.486. The minimum Gasteiger partial charge on any atom is -0.384 e. The number of hydrogen-bond acceptors (Lipinski definition) is 6. The lowest BCUT2D eigenvalue weighted by atomic mass is 9.99. The Morgan fingerprint density at radius 3 is 2.83 bits per heavy atom. The fourth-order valence-electron chi connectivity index (χ4n) is 2.29. The zero-order chi connectivity index (χ0) is 17.2. The van der Waals surface area contributed by atoms with Crippen molar-refractivity contribution in [1.29, 1.82) is 0 Å². The van der Waals surface area contributed by atoms with Crippen LogP contribution in [0.2, 0.25) is 0 Å². The van der Waals surface area contributed by atoms with E-state index in [1.165, 1.54) is 11.3 Å². The van der Waals surface area contributed by atoms with E-state index in [0.29, 0.717) is 22.8 Å². The summed E-state index contributed by atoms with van der Waals surface area (Å²) in [6.07, 6.45) is 0. The van der Waals surface area contributed by atoms with Gasteiger partial charge in [-0.25, -0.2) is 0 Å². The van der Waals surface area contributed by atoms with Crippen LogP contribution in [-0.2, 0) is 5.60 Å². The maximum atomic E-state index is 12.6.